The highest BCUT2D eigenvalue weighted by atomic mass is 35.5. The Bertz CT molecular complexity index is 471. The van der Waals surface area contributed by atoms with Gasteiger partial charge in [0.05, 0.1) is 12.3 Å². The summed E-state index contributed by atoms with van der Waals surface area (Å²) in [5, 5.41) is 0.443. The monoisotopic (exact) mass is 234 g/mol. The van der Waals surface area contributed by atoms with Gasteiger partial charge >= 0.3 is 0 Å². The molecule has 0 aliphatic heterocycles. The van der Waals surface area contributed by atoms with Gasteiger partial charge in [0, 0.05) is 11.6 Å². The van der Waals surface area contributed by atoms with Crippen LogP contribution in [0.5, 0.6) is 5.75 Å². The zero-order valence-electron chi connectivity index (χ0n) is 8.85. The topological polar surface area (TPSA) is 35.0 Å². The van der Waals surface area contributed by atoms with Gasteiger partial charge in [-0.25, -0.2) is 9.97 Å². The summed E-state index contributed by atoms with van der Waals surface area (Å²) in [6.07, 6.45) is 1.45. The molecule has 1 heterocycles. The molecule has 3 nitrogen and oxygen atoms in total. The molecule has 0 fully saturated rings. The first-order chi connectivity index (χ1) is 7.79. The van der Waals surface area contributed by atoms with Gasteiger partial charge in [0.25, 0.3) is 0 Å². The zero-order chi connectivity index (χ0) is 11.4. The molecule has 0 N–H and O–H groups in total. The average Bonchev–Trinajstić information content (AvgIpc) is 2.30. The van der Waals surface area contributed by atoms with Crippen molar-refractivity contribution in [2.45, 2.75) is 6.92 Å². The Morgan fingerprint density at radius 1 is 1.19 bits per heavy atom. The highest BCUT2D eigenvalue weighted by molar-refractivity contribution is 6.29. The maximum Gasteiger partial charge on any atom is 0.133 e. The second kappa shape index (κ2) is 4.94. The molecule has 0 amide bonds. The van der Waals surface area contributed by atoms with Crippen molar-refractivity contribution in [1.29, 1.82) is 0 Å². The number of hydrogen-bond donors (Lipinski definition) is 0. The molecule has 0 radical (unpaired) electrons. The number of rotatable bonds is 3. The van der Waals surface area contributed by atoms with E-state index in [-0.39, 0.29) is 0 Å². The van der Waals surface area contributed by atoms with Crippen molar-refractivity contribution in [3.63, 3.8) is 0 Å². The molecule has 0 unspecified atom stereocenters. The number of halogens is 1. The van der Waals surface area contributed by atoms with E-state index in [9.17, 15) is 0 Å². The standard InChI is InChI=1S/C12H11ClN2O/c1-2-16-10-5-3-9(4-6-10)11-7-12(13)15-8-14-11/h3-8H,2H2,1H3. The first kappa shape index (κ1) is 10.9. The normalized spacial score (nSPS) is 10.1. The maximum atomic E-state index is 5.80. The number of ether oxygens (including phenoxy) is 1. The van der Waals surface area contributed by atoms with Crippen LogP contribution in [0.25, 0.3) is 11.3 Å². The minimum absolute atomic E-state index is 0.443. The van der Waals surface area contributed by atoms with Crippen LogP contribution in [0.15, 0.2) is 36.7 Å². The Labute approximate surface area is 99.1 Å². The highest BCUT2D eigenvalue weighted by Crippen LogP contribution is 2.21. The van der Waals surface area contributed by atoms with Crippen molar-refractivity contribution >= 4 is 11.6 Å². The highest BCUT2D eigenvalue weighted by Gasteiger charge is 2.01. The van der Waals surface area contributed by atoms with E-state index < -0.39 is 0 Å². The summed E-state index contributed by atoms with van der Waals surface area (Å²) in [5.74, 6) is 0.853. The van der Waals surface area contributed by atoms with Crippen molar-refractivity contribution in [1.82, 2.24) is 9.97 Å². The third kappa shape index (κ3) is 2.49. The van der Waals surface area contributed by atoms with Crippen molar-refractivity contribution in [3.8, 4) is 17.0 Å². The predicted octanol–water partition coefficient (Wildman–Crippen LogP) is 3.20. The molecule has 0 spiro atoms. The van der Waals surface area contributed by atoms with Gasteiger partial charge in [0.1, 0.15) is 17.2 Å². The van der Waals surface area contributed by atoms with E-state index in [0.717, 1.165) is 17.0 Å². The average molecular weight is 235 g/mol. The Kier molecular flexibility index (Phi) is 3.37. The van der Waals surface area contributed by atoms with Crippen LogP contribution in [0, 0.1) is 0 Å². The van der Waals surface area contributed by atoms with Crippen LogP contribution in [0.1, 0.15) is 6.92 Å². The molecule has 1 aromatic heterocycles. The van der Waals surface area contributed by atoms with Gasteiger partial charge in [0.2, 0.25) is 0 Å². The molecule has 16 heavy (non-hydrogen) atoms. The quantitative estimate of drug-likeness (QED) is 0.765. The molecule has 1 aromatic carbocycles. The lowest BCUT2D eigenvalue weighted by molar-refractivity contribution is 0.340. The molecule has 0 aliphatic rings. The van der Waals surface area contributed by atoms with E-state index in [4.69, 9.17) is 16.3 Å². The van der Waals surface area contributed by atoms with Crippen LogP contribution in [-0.4, -0.2) is 16.6 Å². The van der Waals surface area contributed by atoms with Crippen molar-refractivity contribution in [2.24, 2.45) is 0 Å². The van der Waals surface area contributed by atoms with Crippen molar-refractivity contribution < 1.29 is 4.74 Å². The number of benzene rings is 1. The largest absolute Gasteiger partial charge is 0.494 e. The lowest BCUT2D eigenvalue weighted by Crippen LogP contribution is -1.91. The fourth-order valence-electron chi connectivity index (χ4n) is 1.38. The summed E-state index contributed by atoms with van der Waals surface area (Å²) < 4.78 is 5.36. The second-order valence-electron chi connectivity index (χ2n) is 3.18. The fraction of sp³-hybridized carbons (Fsp3) is 0.167. The summed E-state index contributed by atoms with van der Waals surface area (Å²) in [5.41, 5.74) is 1.80. The molecule has 4 heteroatoms. The predicted molar refractivity (Wildman–Crippen MR) is 63.6 cm³/mol. The summed E-state index contributed by atoms with van der Waals surface area (Å²) in [7, 11) is 0. The Morgan fingerprint density at radius 2 is 1.94 bits per heavy atom. The van der Waals surface area contributed by atoms with Crippen LogP contribution in [0.3, 0.4) is 0 Å². The van der Waals surface area contributed by atoms with E-state index in [0.29, 0.717) is 11.8 Å². The van der Waals surface area contributed by atoms with Crippen LogP contribution < -0.4 is 4.74 Å². The van der Waals surface area contributed by atoms with E-state index in [1.807, 2.05) is 31.2 Å². The summed E-state index contributed by atoms with van der Waals surface area (Å²) in [6, 6.07) is 9.45. The van der Waals surface area contributed by atoms with Gasteiger partial charge in [-0.1, -0.05) is 11.6 Å². The van der Waals surface area contributed by atoms with Gasteiger partial charge in [0.15, 0.2) is 0 Å². The molecule has 0 atom stereocenters. The number of hydrogen-bond acceptors (Lipinski definition) is 3. The smallest absolute Gasteiger partial charge is 0.133 e. The number of nitrogens with zero attached hydrogens (tertiary/aromatic N) is 2. The van der Waals surface area contributed by atoms with Gasteiger partial charge < -0.3 is 4.74 Å². The van der Waals surface area contributed by atoms with E-state index in [2.05, 4.69) is 9.97 Å². The first-order valence-corrected chi connectivity index (χ1v) is 5.38. The molecule has 0 aliphatic carbocycles. The zero-order valence-corrected chi connectivity index (χ0v) is 9.61. The van der Waals surface area contributed by atoms with E-state index >= 15 is 0 Å². The van der Waals surface area contributed by atoms with Gasteiger partial charge in [-0.15, -0.1) is 0 Å². The van der Waals surface area contributed by atoms with Gasteiger partial charge in [-0.3, -0.25) is 0 Å². The van der Waals surface area contributed by atoms with Crippen molar-refractivity contribution in [3.05, 3.63) is 41.8 Å². The van der Waals surface area contributed by atoms with E-state index in [1.165, 1.54) is 6.33 Å². The molecule has 2 aromatic rings. The van der Waals surface area contributed by atoms with Crippen LogP contribution in [0.2, 0.25) is 5.15 Å². The summed E-state index contributed by atoms with van der Waals surface area (Å²) in [4.78, 5) is 7.99. The minimum Gasteiger partial charge on any atom is -0.494 e. The van der Waals surface area contributed by atoms with Crippen LogP contribution in [-0.2, 0) is 0 Å². The van der Waals surface area contributed by atoms with E-state index in [1.54, 1.807) is 6.07 Å². The summed E-state index contributed by atoms with van der Waals surface area (Å²) in [6.45, 7) is 2.62. The SMILES string of the molecule is CCOc1ccc(-c2cc(Cl)ncn2)cc1. The van der Waals surface area contributed by atoms with Crippen LogP contribution >= 0.6 is 11.6 Å². The summed E-state index contributed by atoms with van der Waals surface area (Å²) >= 11 is 5.80. The molecule has 0 saturated heterocycles. The molecular formula is C12H11ClN2O. The number of aromatic nitrogens is 2. The molecule has 2 rings (SSSR count). The Hall–Kier alpha value is -1.61. The van der Waals surface area contributed by atoms with Crippen LogP contribution in [0.4, 0.5) is 0 Å². The minimum atomic E-state index is 0.443. The lowest BCUT2D eigenvalue weighted by Gasteiger charge is -2.04. The first-order valence-electron chi connectivity index (χ1n) is 5.00. The molecule has 82 valence electrons. The molecular weight excluding hydrogens is 224 g/mol. The Balaban J connectivity index is 2.27. The Morgan fingerprint density at radius 3 is 2.56 bits per heavy atom. The lowest BCUT2D eigenvalue weighted by atomic mass is 10.1. The fourth-order valence-corrected chi connectivity index (χ4v) is 1.53. The molecule has 0 saturated carbocycles. The third-order valence-electron chi connectivity index (χ3n) is 2.09. The van der Waals surface area contributed by atoms with Gasteiger partial charge in [-0.05, 0) is 31.2 Å². The molecule has 0 bridgehead atoms. The second-order valence-corrected chi connectivity index (χ2v) is 3.57. The maximum absolute atomic E-state index is 5.80. The third-order valence-corrected chi connectivity index (χ3v) is 2.30. The van der Waals surface area contributed by atoms with Gasteiger partial charge in [-0.2, -0.15) is 0 Å². The van der Waals surface area contributed by atoms with Crippen molar-refractivity contribution in [2.75, 3.05) is 6.61 Å².